The van der Waals surface area contributed by atoms with Gasteiger partial charge >= 0.3 is 6.03 Å². The fraction of sp³-hybridized carbons (Fsp3) is 0.529. The second kappa shape index (κ2) is 6.97. The lowest BCUT2D eigenvalue weighted by Gasteiger charge is -2.29. The molecule has 122 valence electrons. The van der Waals surface area contributed by atoms with Gasteiger partial charge in [0.05, 0.1) is 23.8 Å². The molecular weight excluding hydrogens is 297 g/mol. The van der Waals surface area contributed by atoms with E-state index in [9.17, 15) is 9.18 Å². The first kappa shape index (κ1) is 15.8. The summed E-state index contributed by atoms with van der Waals surface area (Å²) in [6.45, 7) is 1.55. The van der Waals surface area contributed by atoms with Crippen molar-refractivity contribution < 1.29 is 13.9 Å². The first-order chi connectivity index (χ1) is 11.2. The third-order valence-corrected chi connectivity index (χ3v) is 4.56. The zero-order valence-electron chi connectivity index (χ0n) is 12.9. The molecule has 23 heavy (non-hydrogen) atoms. The van der Waals surface area contributed by atoms with Gasteiger partial charge in [-0.15, -0.1) is 0 Å². The zero-order chi connectivity index (χ0) is 16.2. The van der Waals surface area contributed by atoms with E-state index in [0.29, 0.717) is 17.7 Å². The molecule has 6 heteroatoms. The molecule has 0 aromatic heterocycles. The van der Waals surface area contributed by atoms with Gasteiger partial charge in [-0.1, -0.05) is 0 Å². The van der Waals surface area contributed by atoms with Gasteiger partial charge in [0.1, 0.15) is 5.82 Å². The number of benzene rings is 1. The number of amides is 2. The van der Waals surface area contributed by atoms with Gasteiger partial charge in [-0.2, -0.15) is 5.26 Å². The molecule has 2 aliphatic rings. The molecule has 0 aliphatic carbocycles. The number of nitrogens with one attached hydrogen (secondary N) is 1. The van der Waals surface area contributed by atoms with Crippen LogP contribution in [0.25, 0.3) is 0 Å². The second-order valence-electron chi connectivity index (χ2n) is 6.03. The molecule has 2 fully saturated rings. The van der Waals surface area contributed by atoms with Gasteiger partial charge in [-0.25, -0.2) is 9.18 Å². The van der Waals surface area contributed by atoms with Crippen LogP contribution in [-0.4, -0.2) is 36.2 Å². The first-order valence-corrected chi connectivity index (χ1v) is 8.03. The number of carbonyl (C=O) groups is 1. The van der Waals surface area contributed by atoms with Gasteiger partial charge in [0.2, 0.25) is 0 Å². The SMILES string of the molecule is N#Cc1ccc(F)c(CNC(=O)N2CCC[C@H]2[C@H]2CCCO2)c1. The minimum atomic E-state index is -0.415. The van der Waals surface area contributed by atoms with E-state index in [1.807, 2.05) is 11.0 Å². The van der Waals surface area contributed by atoms with Crippen LogP contribution in [0.1, 0.15) is 36.8 Å². The maximum Gasteiger partial charge on any atom is 0.318 e. The number of hydrogen-bond donors (Lipinski definition) is 1. The van der Waals surface area contributed by atoms with Crippen molar-refractivity contribution in [3.63, 3.8) is 0 Å². The monoisotopic (exact) mass is 317 g/mol. The van der Waals surface area contributed by atoms with Crippen LogP contribution >= 0.6 is 0 Å². The van der Waals surface area contributed by atoms with E-state index >= 15 is 0 Å². The second-order valence-corrected chi connectivity index (χ2v) is 6.03. The Balaban J connectivity index is 1.61. The molecule has 0 spiro atoms. The number of ether oxygens (including phenoxy) is 1. The third kappa shape index (κ3) is 3.45. The quantitative estimate of drug-likeness (QED) is 0.932. The lowest BCUT2D eigenvalue weighted by atomic mass is 10.1. The molecule has 5 nitrogen and oxygen atoms in total. The maximum absolute atomic E-state index is 13.8. The molecule has 3 rings (SSSR count). The van der Waals surface area contributed by atoms with E-state index in [4.69, 9.17) is 10.00 Å². The highest BCUT2D eigenvalue weighted by Gasteiger charge is 2.36. The van der Waals surface area contributed by atoms with Crippen LogP contribution in [0.2, 0.25) is 0 Å². The average Bonchev–Trinajstić information content (AvgIpc) is 3.24. The summed E-state index contributed by atoms with van der Waals surface area (Å²) in [5, 5.41) is 11.6. The summed E-state index contributed by atoms with van der Waals surface area (Å²) in [4.78, 5) is 14.2. The van der Waals surface area contributed by atoms with Crippen LogP contribution in [0, 0.1) is 17.1 Å². The smallest absolute Gasteiger partial charge is 0.318 e. The molecule has 0 radical (unpaired) electrons. The molecular formula is C17H20FN3O2. The molecule has 2 atom stereocenters. The van der Waals surface area contributed by atoms with Gasteiger partial charge in [-0.3, -0.25) is 0 Å². The summed E-state index contributed by atoms with van der Waals surface area (Å²) in [6.07, 6.45) is 4.09. The van der Waals surface area contributed by atoms with Crippen molar-refractivity contribution in [1.29, 1.82) is 5.26 Å². The molecule has 2 heterocycles. The van der Waals surface area contributed by atoms with E-state index in [-0.39, 0.29) is 24.7 Å². The van der Waals surface area contributed by atoms with Crippen LogP contribution < -0.4 is 5.32 Å². The van der Waals surface area contributed by atoms with Crippen molar-refractivity contribution in [2.75, 3.05) is 13.2 Å². The lowest BCUT2D eigenvalue weighted by Crippen LogP contribution is -2.47. The number of rotatable bonds is 3. The van der Waals surface area contributed by atoms with E-state index in [1.54, 1.807) is 0 Å². The number of urea groups is 1. The third-order valence-electron chi connectivity index (χ3n) is 4.56. The number of likely N-dealkylation sites (tertiary alicyclic amines) is 1. The normalized spacial score (nSPS) is 23.7. The predicted octanol–water partition coefficient (Wildman–Crippen LogP) is 2.55. The van der Waals surface area contributed by atoms with Crippen LogP contribution in [0.4, 0.5) is 9.18 Å². The topological polar surface area (TPSA) is 65.4 Å². The number of hydrogen-bond acceptors (Lipinski definition) is 3. The van der Waals surface area contributed by atoms with Crippen molar-refractivity contribution in [1.82, 2.24) is 10.2 Å². The van der Waals surface area contributed by atoms with Crippen molar-refractivity contribution in [2.24, 2.45) is 0 Å². The molecule has 1 aromatic rings. The minimum Gasteiger partial charge on any atom is -0.376 e. The summed E-state index contributed by atoms with van der Waals surface area (Å²) in [5.74, 6) is -0.415. The Bertz CT molecular complexity index is 623. The number of nitrogens with zero attached hydrogens (tertiary/aromatic N) is 2. The Hall–Kier alpha value is -2.13. The van der Waals surface area contributed by atoms with Crippen molar-refractivity contribution >= 4 is 6.03 Å². The molecule has 1 N–H and O–H groups in total. The van der Waals surface area contributed by atoms with Crippen LogP contribution in [0.15, 0.2) is 18.2 Å². The van der Waals surface area contributed by atoms with Gasteiger partial charge in [0.15, 0.2) is 0 Å². The standard InChI is InChI=1S/C17H20FN3O2/c18-14-6-5-12(10-19)9-13(14)11-20-17(22)21-7-1-3-15(21)16-4-2-8-23-16/h5-6,9,15-16H,1-4,7-8,11H2,(H,20,22)/t15-,16+/m0/s1. The van der Waals surface area contributed by atoms with Crippen LogP contribution in [-0.2, 0) is 11.3 Å². The summed E-state index contributed by atoms with van der Waals surface area (Å²) in [5.41, 5.74) is 0.708. The summed E-state index contributed by atoms with van der Waals surface area (Å²) in [6, 6.07) is 6.05. The maximum atomic E-state index is 13.8. The van der Waals surface area contributed by atoms with E-state index in [2.05, 4.69) is 5.32 Å². The summed E-state index contributed by atoms with van der Waals surface area (Å²) >= 11 is 0. The Labute approximate surface area is 135 Å². The van der Waals surface area contributed by atoms with Gasteiger partial charge in [0.25, 0.3) is 0 Å². The largest absolute Gasteiger partial charge is 0.376 e. The zero-order valence-corrected chi connectivity index (χ0v) is 12.9. The molecule has 0 saturated carbocycles. The molecule has 2 aliphatic heterocycles. The Kier molecular flexibility index (Phi) is 4.77. The lowest BCUT2D eigenvalue weighted by molar-refractivity contribution is 0.0520. The fourth-order valence-corrected chi connectivity index (χ4v) is 3.39. The van der Waals surface area contributed by atoms with Gasteiger partial charge in [-0.05, 0) is 43.9 Å². The van der Waals surface area contributed by atoms with Crippen molar-refractivity contribution in [3.05, 3.63) is 35.1 Å². The Morgan fingerprint density at radius 1 is 1.43 bits per heavy atom. The van der Waals surface area contributed by atoms with Gasteiger partial charge in [0, 0.05) is 25.3 Å². The van der Waals surface area contributed by atoms with E-state index < -0.39 is 5.82 Å². The molecule has 1 aromatic carbocycles. The molecule has 0 unspecified atom stereocenters. The predicted molar refractivity (Wildman–Crippen MR) is 82.1 cm³/mol. The number of halogens is 1. The molecule has 0 bridgehead atoms. The number of carbonyl (C=O) groups excluding carboxylic acids is 1. The molecule has 2 saturated heterocycles. The van der Waals surface area contributed by atoms with Crippen molar-refractivity contribution in [2.45, 2.75) is 44.4 Å². The van der Waals surface area contributed by atoms with E-state index in [0.717, 1.165) is 32.3 Å². The Morgan fingerprint density at radius 3 is 3.04 bits per heavy atom. The highest BCUT2D eigenvalue weighted by atomic mass is 19.1. The summed E-state index contributed by atoms with van der Waals surface area (Å²) in [7, 11) is 0. The highest BCUT2D eigenvalue weighted by Crippen LogP contribution is 2.27. The van der Waals surface area contributed by atoms with Crippen LogP contribution in [0.5, 0.6) is 0 Å². The average molecular weight is 317 g/mol. The van der Waals surface area contributed by atoms with Crippen molar-refractivity contribution in [3.8, 4) is 6.07 Å². The minimum absolute atomic E-state index is 0.0783. The first-order valence-electron chi connectivity index (χ1n) is 8.03. The number of nitriles is 1. The Morgan fingerprint density at radius 2 is 2.30 bits per heavy atom. The summed E-state index contributed by atoms with van der Waals surface area (Å²) < 4.78 is 19.5. The fourth-order valence-electron chi connectivity index (χ4n) is 3.39. The molecule has 2 amide bonds. The van der Waals surface area contributed by atoms with Crippen LogP contribution in [0.3, 0.4) is 0 Å². The van der Waals surface area contributed by atoms with E-state index in [1.165, 1.54) is 18.2 Å². The van der Waals surface area contributed by atoms with Gasteiger partial charge < -0.3 is 15.0 Å². The highest BCUT2D eigenvalue weighted by molar-refractivity contribution is 5.75.